The Morgan fingerprint density at radius 2 is 2.06 bits per heavy atom. The van der Waals surface area contributed by atoms with E-state index in [0.717, 1.165) is 48.3 Å². The first-order valence-electron chi connectivity index (χ1n) is 10.5. The van der Waals surface area contributed by atoms with E-state index in [9.17, 15) is 9.18 Å². The Hall–Kier alpha value is -3.20. The highest BCUT2D eigenvalue weighted by atomic mass is 19.1. The van der Waals surface area contributed by atoms with Gasteiger partial charge < -0.3 is 22.1 Å². The first kappa shape index (κ1) is 21.0. The van der Waals surface area contributed by atoms with Crippen molar-refractivity contribution >= 4 is 34.1 Å². The van der Waals surface area contributed by atoms with E-state index in [4.69, 9.17) is 11.5 Å². The Kier molecular flexibility index (Phi) is 5.30. The minimum atomic E-state index is -0.761. The third kappa shape index (κ3) is 3.69. The molecule has 1 fully saturated rings. The lowest BCUT2D eigenvalue weighted by Gasteiger charge is -2.46. The number of halogens is 1. The highest BCUT2D eigenvalue weighted by molar-refractivity contribution is 5.99. The molecule has 164 valence electrons. The van der Waals surface area contributed by atoms with Crippen molar-refractivity contribution in [1.82, 2.24) is 14.8 Å². The van der Waals surface area contributed by atoms with E-state index >= 15 is 0 Å². The predicted molar refractivity (Wildman–Crippen MR) is 120 cm³/mol. The fourth-order valence-corrected chi connectivity index (χ4v) is 4.16. The first-order valence-corrected chi connectivity index (χ1v) is 10.5. The minimum absolute atomic E-state index is 0.0199. The van der Waals surface area contributed by atoms with Gasteiger partial charge >= 0.3 is 0 Å². The van der Waals surface area contributed by atoms with Crippen LogP contribution in [0.3, 0.4) is 0 Å². The predicted octanol–water partition coefficient (Wildman–Crippen LogP) is 3.19. The molecule has 4 rings (SSSR count). The molecule has 8 nitrogen and oxygen atoms in total. The number of aryl methyl sites for hydroxylation is 2. The summed E-state index contributed by atoms with van der Waals surface area (Å²) in [6.45, 7) is 3.94. The van der Waals surface area contributed by atoms with Gasteiger partial charge in [0.1, 0.15) is 5.82 Å². The molecule has 6 N–H and O–H groups in total. The van der Waals surface area contributed by atoms with Gasteiger partial charge in [0.2, 0.25) is 0 Å². The minimum Gasteiger partial charge on any atom is -0.365 e. The third-order valence-electron chi connectivity index (χ3n) is 6.25. The molecule has 31 heavy (non-hydrogen) atoms. The highest BCUT2D eigenvalue weighted by Crippen LogP contribution is 2.38. The number of carbonyl (C=O) groups is 1. The maximum absolute atomic E-state index is 14.8. The van der Waals surface area contributed by atoms with E-state index in [1.165, 1.54) is 0 Å². The number of amides is 1. The second-order valence-corrected chi connectivity index (χ2v) is 8.28. The highest BCUT2D eigenvalue weighted by Gasteiger charge is 2.41. The van der Waals surface area contributed by atoms with Crippen LogP contribution in [0.5, 0.6) is 0 Å². The van der Waals surface area contributed by atoms with Crippen LogP contribution in [0.1, 0.15) is 49.2 Å². The maximum Gasteiger partial charge on any atom is 0.252 e. The summed E-state index contributed by atoms with van der Waals surface area (Å²) in [5, 5.41) is 11.9. The maximum atomic E-state index is 14.8. The zero-order valence-corrected chi connectivity index (χ0v) is 18.0. The lowest BCUT2D eigenvalue weighted by atomic mass is 9.72. The number of hydrogen-bond donors (Lipinski definition) is 4. The largest absolute Gasteiger partial charge is 0.365 e. The molecule has 0 bridgehead atoms. The molecule has 0 aliphatic heterocycles. The summed E-state index contributed by atoms with van der Waals surface area (Å²) in [6, 6.07) is 6.69. The van der Waals surface area contributed by atoms with E-state index in [0.29, 0.717) is 5.69 Å². The van der Waals surface area contributed by atoms with Crippen LogP contribution in [0, 0.1) is 5.82 Å². The molecule has 0 saturated heterocycles. The van der Waals surface area contributed by atoms with Crippen LogP contribution in [-0.2, 0) is 13.5 Å². The summed E-state index contributed by atoms with van der Waals surface area (Å²) in [5.41, 5.74) is 13.9. The average molecular weight is 426 g/mol. The van der Waals surface area contributed by atoms with Gasteiger partial charge in [-0.05, 0) is 56.9 Å². The zero-order chi connectivity index (χ0) is 22.3. The first-order chi connectivity index (χ1) is 14.7. The molecule has 1 saturated carbocycles. The smallest absolute Gasteiger partial charge is 0.252 e. The number of benzene rings is 1. The van der Waals surface area contributed by atoms with E-state index in [1.807, 2.05) is 43.8 Å². The number of nitrogens with two attached hydrogens (primary N) is 2. The van der Waals surface area contributed by atoms with Crippen LogP contribution in [0.25, 0.3) is 10.9 Å². The van der Waals surface area contributed by atoms with Crippen LogP contribution in [0.15, 0.2) is 24.3 Å². The van der Waals surface area contributed by atoms with Crippen LogP contribution in [-0.4, -0.2) is 32.3 Å². The summed E-state index contributed by atoms with van der Waals surface area (Å²) in [5.74, 6) is -1.15. The van der Waals surface area contributed by atoms with Gasteiger partial charge in [0.25, 0.3) is 5.91 Å². The summed E-state index contributed by atoms with van der Waals surface area (Å²) in [7, 11) is 1.90. The van der Waals surface area contributed by atoms with Crippen molar-refractivity contribution in [1.29, 1.82) is 0 Å². The van der Waals surface area contributed by atoms with Crippen molar-refractivity contribution in [2.75, 3.05) is 10.6 Å². The number of aromatic nitrogens is 3. The van der Waals surface area contributed by atoms with Crippen molar-refractivity contribution < 1.29 is 9.18 Å². The van der Waals surface area contributed by atoms with Gasteiger partial charge in [0.05, 0.1) is 22.3 Å². The fourth-order valence-electron chi connectivity index (χ4n) is 4.16. The SMILES string of the molecule is CCc1nn(C)c2ccc(Nc3nc(NC4([C@H](C)N)CCC4)c(F)cc3C(N)=O)cc12. The molecular formula is C22H28FN7O. The summed E-state index contributed by atoms with van der Waals surface area (Å²) >= 11 is 0. The van der Waals surface area contributed by atoms with Gasteiger partial charge in [-0.15, -0.1) is 0 Å². The summed E-state index contributed by atoms with van der Waals surface area (Å²) in [6.07, 6.45) is 3.48. The molecular weight excluding hydrogens is 397 g/mol. The zero-order valence-electron chi connectivity index (χ0n) is 18.0. The lowest BCUT2D eigenvalue weighted by molar-refractivity contribution is 0.100. The number of hydrogen-bond acceptors (Lipinski definition) is 6. The van der Waals surface area contributed by atoms with Gasteiger partial charge in [0, 0.05) is 24.2 Å². The standard InChI is InChI=1S/C22H28FN7O/c1-4-17-14-10-13(6-7-18(14)30(3)29-17)26-20-15(19(25)31)11-16(23)21(27-20)28-22(12(2)24)8-5-9-22/h6-7,10-12H,4-5,8-9,24H2,1-3H3,(H2,25,31)(H2,26,27,28)/t12-/m0/s1. The lowest BCUT2D eigenvalue weighted by Crippen LogP contribution is -2.57. The topological polar surface area (TPSA) is 124 Å². The van der Waals surface area contributed by atoms with Crippen LogP contribution in [0.4, 0.5) is 21.7 Å². The molecule has 0 unspecified atom stereocenters. The Balaban J connectivity index is 1.73. The Morgan fingerprint density at radius 3 is 2.65 bits per heavy atom. The number of primary amides is 1. The molecule has 9 heteroatoms. The van der Waals surface area contributed by atoms with Gasteiger partial charge in [-0.2, -0.15) is 5.10 Å². The van der Waals surface area contributed by atoms with Crippen molar-refractivity contribution in [3.8, 4) is 0 Å². The van der Waals surface area contributed by atoms with Crippen molar-refractivity contribution in [2.24, 2.45) is 18.5 Å². The Bertz CT molecular complexity index is 1150. The number of fused-ring (bicyclic) bond motifs is 1. The molecule has 1 aromatic carbocycles. The molecule has 0 spiro atoms. The van der Waals surface area contributed by atoms with E-state index in [2.05, 4.69) is 20.7 Å². The summed E-state index contributed by atoms with van der Waals surface area (Å²) in [4.78, 5) is 16.4. The molecule has 0 radical (unpaired) electrons. The van der Waals surface area contributed by atoms with Crippen molar-refractivity contribution in [3.05, 3.63) is 41.3 Å². The second-order valence-electron chi connectivity index (χ2n) is 8.28. The van der Waals surface area contributed by atoms with Crippen molar-refractivity contribution in [2.45, 2.75) is 51.1 Å². The normalized spacial score (nSPS) is 16.0. The van der Waals surface area contributed by atoms with Crippen LogP contribution < -0.4 is 22.1 Å². The van der Waals surface area contributed by atoms with Gasteiger partial charge in [-0.25, -0.2) is 9.37 Å². The molecule has 2 heterocycles. The number of nitrogens with zero attached hydrogens (tertiary/aromatic N) is 3. The van der Waals surface area contributed by atoms with E-state index in [-0.39, 0.29) is 23.2 Å². The molecule has 1 aliphatic carbocycles. The monoisotopic (exact) mass is 425 g/mol. The van der Waals surface area contributed by atoms with Crippen LogP contribution >= 0.6 is 0 Å². The van der Waals surface area contributed by atoms with Gasteiger partial charge in [0.15, 0.2) is 11.6 Å². The van der Waals surface area contributed by atoms with Gasteiger partial charge in [-0.1, -0.05) is 6.92 Å². The molecule has 3 aromatic rings. The third-order valence-corrected chi connectivity index (χ3v) is 6.25. The fraction of sp³-hybridized carbons (Fsp3) is 0.409. The number of anilines is 3. The number of rotatable bonds is 7. The molecule has 1 atom stereocenters. The summed E-state index contributed by atoms with van der Waals surface area (Å²) < 4.78 is 16.6. The Morgan fingerprint density at radius 1 is 1.32 bits per heavy atom. The van der Waals surface area contributed by atoms with Gasteiger partial charge in [-0.3, -0.25) is 9.48 Å². The van der Waals surface area contributed by atoms with E-state index < -0.39 is 17.3 Å². The average Bonchev–Trinajstić information content (AvgIpc) is 3.01. The molecule has 1 amide bonds. The Labute approximate surface area is 180 Å². The van der Waals surface area contributed by atoms with E-state index in [1.54, 1.807) is 0 Å². The quantitative estimate of drug-likeness (QED) is 0.461. The molecule has 2 aromatic heterocycles. The molecule has 1 aliphatic rings. The second kappa shape index (κ2) is 7.81. The van der Waals surface area contributed by atoms with Crippen LogP contribution in [0.2, 0.25) is 0 Å². The number of nitrogens with one attached hydrogen (secondary N) is 2. The number of pyridine rings is 1. The number of carbonyl (C=O) groups excluding carboxylic acids is 1. The van der Waals surface area contributed by atoms with Crippen molar-refractivity contribution in [3.63, 3.8) is 0 Å².